The van der Waals surface area contributed by atoms with Gasteiger partial charge >= 0.3 is 0 Å². The number of primary amides is 1. The third-order valence-electron chi connectivity index (χ3n) is 6.36. The standard InChI is InChI=1S/C22H32N4O2/c1-17-20(19-7-2-3-8-21(19)26(17)16-22(23)27)15-25-9-5-4-6-18(25)14-24-10-12-28-13-11-24/h2-3,7-8,18H,4-6,9-16H2,1H3,(H2,23,27). The minimum Gasteiger partial charge on any atom is -0.379 e. The molecular formula is C22H32N4O2. The van der Waals surface area contributed by atoms with Crippen LogP contribution in [0.1, 0.15) is 30.5 Å². The van der Waals surface area contributed by atoms with E-state index < -0.39 is 0 Å². The lowest BCUT2D eigenvalue weighted by Crippen LogP contribution is -2.49. The van der Waals surface area contributed by atoms with Crippen molar-refractivity contribution in [3.05, 3.63) is 35.5 Å². The molecular weight excluding hydrogens is 352 g/mol. The molecule has 2 saturated heterocycles. The molecule has 3 heterocycles. The van der Waals surface area contributed by atoms with Crippen LogP contribution in [-0.2, 0) is 22.6 Å². The van der Waals surface area contributed by atoms with Gasteiger partial charge in [-0.1, -0.05) is 24.6 Å². The third-order valence-corrected chi connectivity index (χ3v) is 6.36. The molecule has 0 radical (unpaired) electrons. The second-order valence-corrected chi connectivity index (χ2v) is 8.17. The predicted octanol–water partition coefficient (Wildman–Crippen LogP) is 2.12. The van der Waals surface area contributed by atoms with Crippen LogP contribution in [-0.4, -0.2) is 65.7 Å². The number of carbonyl (C=O) groups is 1. The average Bonchev–Trinajstić information content (AvgIpc) is 2.96. The molecule has 0 aliphatic carbocycles. The zero-order valence-corrected chi connectivity index (χ0v) is 16.9. The van der Waals surface area contributed by atoms with Crippen molar-refractivity contribution in [2.45, 2.75) is 45.3 Å². The van der Waals surface area contributed by atoms with Crippen LogP contribution in [0, 0.1) is 6.92 Å². The fourth-order valence-electron chi connectivity index (χ4n) is 4.82. The summed E-state index contributed by atoms with van der Waals surface area (Å²) in [6, 6.07) is 8.98. The van der Waals surface area contributed by atoms with Crippen LogP contribution in [0.25, 0.3) is 10.9 Å². The Kier molecular flexibility index (Phi) is 5.99. The molecule has 2 fully saturated rings. The van der Waals surface area contributed by atoms with Crippen LogP contribution in [0.5, 0.6) is 0 Å². The number of morpholine rings is 1. The molecule has 1 atom stereocenters. The molecule has 0 saturated carbocycles. The number of aromatic nitrogens is 1. The zero-order chi connectivity index (χ0) is 19.5. The van der Waals surface area contributed by atoms with Gasteiger partial charge in [0.05, 0.1) is 13.2 Å². The first-order valence-corrected chi connectivity index (χ1v) is 10.5. The number of hydrogen-bond acceptors (Lipinski definition) is 4. The topological polar surface area (TPSA) is 63.7 Å². The van der Waals surface area contributed by atoms with Crippen molar-refractivity contribution in [2.75, 3.05) is 39.4 Å². The van der Waals surface area contributed by atoms with E-state index in [2.05, 4.69) is 39.5 Å². The van der Waals surface area contributed by atoms with Gasteiger partial charge in [0.25, 0.3) is 0 Å². The molecule has 0 bridgehead atoms. The summed E-state index contributed by atoms with van der Waals surface area (Å²) in [7, 11) is 0. The lowest BCUT2D eigenvalue weighted by molar-refractivity contribution is -0.118. The Morgan fingerprint density at radius 1 is 1.18 bits per heavy atom. The lowest BCUT2D eigenvalue weighted by atomic mass is 9.99. The van der Waals surface area contributed by atoms with Crippen molar-refractivity contribution < 1.29 is 9.53 Å². The van der Waals surface area contributed by atoms with E-state index in [1.807, 2.05) is 6.07 Å². The maximum absolute atomic E-state index is 11.6. The van der Waals surface area contributed by atoms with Crippen molar-refractivity contribution in [3.63, 3.8) is 0 Å². The Balaban J connectivity index is 1.58. The van der Waals surface area contributed by atoms with E-state index in [0.29, 0.717) is 6.04 Å². The van der Waals surface area contributed by atoms with Crippen LogP contribution >= 0.6 is 0 Å². The van der Waals surface area contributed by atoms with Gasteiger partial charge in [-0.25, -0.2) is 0 Å². The normalized spacial score (nSPS) is 22.0. The summed E-state index contributed by atoms with van der Waals surface area (Å²) < 4.78 is 7.59. The molecule has 28 heavy (non-hydrogen) atoms. The molecule has 6 heteroatoms. The molecule has 1 aromatic carbocycles. The van der Waals surface area contributed by atoms with Gasteiger partial charge in [0, 0.05) is 48.8 Å². The van der Waals surface area contributed by atoms with Crippen LogP contribution in [0.15, 0.2) is 24.3 Å². The first-order valence-electron chi connectivity index (χ1n) is 10.5. The molecule has 2 N–H and O–H groups in total. The highest BCUT2D eigenvalue weighted by atomic mass is 16.5. The molecule has 4 rings (SSSR count). The molecule has 1 amide bonds. The van der Waals surface area contributed by atoms with E-state index in [9.17, 15) is 4.79 Å². The number of benzene rings is 1. The van der Waals surface area contributed by atoms with E-state index in [-0.39, 0.29) is 12.5 Å². The summed E-state index contributed by atoms with van der Waals surface area (Å²) in [5.74, 6) is -0.293. The predicted molar refractivity (Wildman–Crippen MR) is 111 cm³/mol. The quantitative estimate of drug-likeness (QED) is 0.829. The molecule has 1 unspecified atom stereocenters. The summed E-state index contributed by atoms with van der Waals surface area (Å²) in [6.45, 7) is 9.36. The molecule has 2 aliphatic rings. The summed E-state index contributed by atoms with van der Waals surface area (Å²) in [5.41, 5.74) is 9.13. The van der Waals surface area contributed by atoms with Crippen LogP contribution in [0.4, 0.5) is 0 Å². The van der Waals surface area contributed by atoms with Crippen molar-refractivity contribution in [1.29, 1.82) is 0 Å². The van der Waals surface area contributed by atoms with Crippen LogP contribution < -0.4 is 5.73 Å². The Labute approximate surface area is 167 Å². The molecule has 2 aromatic rings. The molecule has 0 spiro atoms. The van der Waals surface area contributed by atoms with Gasteiger partial charge in [-0.3, -0.25) is 14.6 Å². The van der Waals surface area contributed by atoms with Gasteiger partial charge in [-0.2, -0.15) is 0 Å². The highest BCUT2D eigenvalue weighted by molar-refractivity contribution is 5.87. The minimum atomic E-state index is -0.293. The van der Waals surface area contributed by atoms with Crippen molar-refractivity contribution in [1.82, 2.24) is 14.4 Å². The Bertz CT molecular complexity index is 825. The fourth-order valence-corrected chi connectivity index (χ4v) is 4.82. The number of hydrogen-bond donors (Lipinski definition) is 1. The number of ether oxygens (including phenoxy) is 1. The highest BCUT2D eigenvalue weighted by Crippen LogP contribution is 2.29. The number of rotatable bonds is 6. The van der Waals surface area contributed by atoms with E-state index in [4.69, 9.17) is 10.5 Å². The Hall–Kier alpha value is -1.89. The van der Waals surface area contributed by atoms with Crippen molar-refractivity contribution in [2.24, 2.45) is 5.73 Å². The summed E-state index contributed by atoms with van der Waals surface area (Å²) >= 11 is 0. The lowest BCUT2D eigenvalue weighted by Gasteiger charge is -2.39. The fraction of sp³-hybridized carbons (Fsp3) is 0.591. The molecule has 152 valence electrons. The van der Waals surface area contributed by atoms with E-state index in [1.54, 1.807) is 0 Å². The number of carbonyl (C=O) groups excluding carboxylic acids is 1. The van der Waals surface area contributed by atoms with Gasteiger partial charge in [-0.05, 0) is 37.9 Å². The molecule has 1 aromatic heterocycles. The van der Waals surface area contributed by atoms with E-state index in [1.165, 1.54) is 30.2 Å². The first kappa shape index (κ1) is 19.4. The second-order valence-electron chi connectivity index (χ2n) is 8.17. The maximum atomic E-state index is 11.6. The van der Waals surface area contributed by atoms with E-state index >= 15 is 0 Å². The van der Waals surface area contributed by atoms with Gasteiger partial charge in [-0.15, -0.1) is 0 Å². The number of fused-ring (bicyclic) bond motifs is 1. The minimum absolute atomic E-state index is 0.240. The number of para-hydroxylation sites is 1. The van der Waals surface area contributed by atoms with Gasteiger partial charge in [0.2, 0.25) is 5.91 Å². The monoisotopic (exact) mass is 384 g/mol. The third kappa shape index (κ3) is 4.09. The summed E-state index contributed by atoms with van der Waals surface area (Å²) in [5, 5.41) is 1.25. The smallest absolute Gasteiger partial charge is 0.237 e. The van der Waals surface area contributed by atoms with Gasteiger partial charge in [0.1, 0.15) is 6.54 Å². The number of piperidine rings is 1. The Morgan fingerprint density at radius 3 is 2.75 bits per heavy atom. The number of nitrogens with two attached hydrogens (primary N) is 1. The number of nitrogens with zero attached hydrogens (tertiary/aromatic N) is 3. The van der Waals surface area contributed by atoms with Gasteiger partial charge in [0.15, 0.2) is 0 Å². The number of likely N-dealkylation sites (tertiary alicyclic amines) is 1. The van der Waals surface area contributed by atoms with E-state index in [0.717, 1.165) is 57.1 Å². The second kappa shape index (κ2) is 8.64. The molecule has 2 aliphatic heterocycles. The van der Waals surface area contributed by atoms with Crippen molar-refractivity contribution >= 4 is 16.8 Å². The van der Waals surface area contributed by atoms with Crippen LogP contribution in [0.2, 0.25) is 0 Å². The SMILES string of the molecule is Cc1c(CN2CCCCC2CN2CCOCC2)c2ccccc2n1CC(N)=O. The highest BCUT2D eigenvalue weighted by Gasteiger charge is 2.27. The number of amides is 1. The largest absolute Gasteiger partial charge is 0.379 e. The maximum Gasteiger partial charge on any atom is 0.237 e. The molecule has 6 nitrogen and oxygen atoms in total. The van der Waals surface area contributed by atoms with Crippen molar-refractivity contribution in [3.8, 4) is 0 Å². The summed E-state index contributed by atoms with van der Waals surface area (Å²) in [4.78, 5) is 16.8. The van der Waals surface area contributed by atoms with Crippen LogP contribution in [0.3, 0.4) is 0 Å². The zero-order valence-electron chi connectivity index (χ0n) is 16.9. The van der Waals surface area contributed by atoms with Gasteiger partial charge < -0.3 is 15.0 Å². The summed E-state index contributed by atoms with van der Waals surface area (Å²) in [6.07, 6.45) is 3.84. The first-order chi connectivity index (χ1) is 13.6. The Morgan fingerprint density at radius 2 is 1.96 bits per heavy atom. The average molecular weight is 385 g/mol.